The third-order valence-corrected chi connectivity index (χ3v) is 3.62. The van der Waals surface area contributed by atoms with Crippen molar-refractivity contribution in [3.8, 4) is 0 Å². The Bertz CT molecular complexity index is 486. The minimum Gasteiger partial charge on any atom is -0.379 e. The van der Waals surface area contributed by atoms with Gasteiger partial charge in [-0.05, 0) is 25.8 Å². The fraction of sp³-hybridized carbons (Fsp3) is 0.538. The minimum absolute atomic E-state index is 0.195. The van der Waals surface area contributed by atoms with Gasteiger partial charge in [0, 0.05) is 28.9 Å². The van der Waals surface area contributed by atoms with Crippen LogP contribution in [0.2, 0.25) is 0 Å². The van der Waals surface area contributed by atoms with E-state index in [-0.39, 0.29) is 16.8 Å². The lowest BCUT2D eigenvalue weighted by Crippen LogP contribution is -2.31. The number of nitrogens with zero attached hydrogens (tertiary/aromatic N) is 1. The number of non-ortho nitro benzene ring substituents is 1. The van der Waals surface area contributed by atoms with Crippen LogP contribution in [0, 0.1) is 10.1 Å². The van der Waals surface area contributed by atoms with Crippen LogP contribution >= 0.6 is 0 Å². The molecule has 0 heterocycles. The molecule has 0 amide bonds. The number of nitro benzene ring substituents is 1. The summed E-state index contributed by atoms with van der Waals surface area (Å²) in [7, 11) is 0. The van der Waals surface area contributed by atoms with Gasteiger partial charge in [0.25, 0.3) is 12.1 Å². The predicted molar refractivity (Wildman–Crippen MR) is 68.5 cm³/mol. The topological polar surface area (TPSA) is 55.2 Å². The lowest BCUT2D eigenvalue weighted by atomic mass is 9.99. The predicted octanol–water partition coefficient (Wildman–Crippen LogP) is 4.28. The van der Waals surface area contributed by atoms with Gasteiger partial charge in [-0.1, -0.05) is 12.8 Å². The largest absolute Gasteiger partial charge is 0.379 e. The van der Waals surface area contributed by atoms with Gasteiger partial charge < -0.3 is 5.32 Å². The van der Waals surface area contributed by atoms with Crippen molar-refractivity contribution < 1.29 is 13.7 Å². The molecule has 0 aromatic heterocycles. The first kappa shape index (κ1) is 13.7. The summed E-state index contributed by atoms with van der Waals surface area (Å²) in [5.41, 5.74) is -0.510. The molecule has 104 valence electrons. The van der Waals surface area contributed by atoms with Crippen LogP contribution in [0.5, 0.6) is 0 Å². The van der Waals surface area contributed by atoms with Gasteiger partial charge >= 0.3 is 0 Å². The zero-order valence-corrected chi connectivity index (χ0v) is 10.7. The summed E-state index contributed by atoms with van der Waals surface area (Å²) in [4.78, 5) is 9.98. The van der Waals surface area contributed by atoms with Gasteiger partial charge in [-0.15, -0.1) is 0 Å². The Hall–Kier alpha value is -1.72. The molecule has 1 aliphatic rings. The van der Waals surface area contributed by atoms with Crippen molar-refractivity contribution in [2.24, 2.45) is 0 Å². The zero-order chi connectivity index (χ0) is 14.0. The van der Waals surface area contributed by atoms with E-state index in [0.717, 1.165) is 31.7 Å². The van der Waals surface area contributed by atoms with Crippen molar-refractivity contribution >= 4 is 11.4 Å². The van der Waals surface area contributed by atoms with Crippen molar-refractivity contribution in [2.45, 2.75) is 44.6 Å². The average molecular weight is 270 g/mol. The summed E-state index contributed by atoms with van der Waals surface area (Å²) < 4.78 is 26.0. The van der Waals surface area contributed by atoms with E-state index in [9.17, 15) is 18.9 Å². The van der Waals surface area contributed by atoms with E-state index >= 15 is 0 Å². The highest BCUT2D eigenvalue weighted by molar-refractivity contribution is 5.58. The van der Waals surface area contributed by atoms with Crippen LogP contribution in [-0.4, -0.2) is 10.5 Å². The number of benzene rings is 1. The molecule has 0 unspecified atom stereocenters. The Kier molecular flexibility index (Phi) is 3.68. The van der Waals surface area contributed by atoms with Gasteiger partial charge in [-0.3, -0.25) is 10.1 Å². The van der Waals surface area contributed by atoms with Crippen LogP contribution < -0.4 is 5.32 Å². The van der Waals surface area contributed by atoms with Crippen LogP contribution in [0.25, 0.3) is 0 Å². The maximum Gasteiger partial charge on any atom is 0.270 e. The summed E-state index contributed by atoms with van der Waals surface area (Å²) in [6.07, 6.45) is 1.26. The highest BCUT2D eigenvalue weighted by Gasteiger charge is 2.30. The smallest absolute Gasteiger partial charge is 0.270 e. The van der Waals surface area contributed by atoms with E-state index < -0.39 is 11.3 Å². The highest BCUT2D eigenvalue weighted by Crippen LogP contribution is 2.37. The Morgan fingerprint density at radius 1 is 1.37 bits per heavy atom. The molecule has 0 spiro atoms. The van der Waals surface area contributed by atoms with Gasteiger partial charge in [0.1, 0.15) is 0 Å². The summed E-state index contributed by atoms with van der Waals surface area (Å²) in [5, 5.41) is 13.8. The molecule has 1 saturated carbocycles. The normalized spacial score (nSPS) is 17.7. The highest BCUT2D eigenvalue weighted by atomic mass is 19.3. The van der Waals surface area contributed by atoms with Crippen LogP contribution in [0.1, 0.15) is 44.6 Å². The SMILES string of the molecule is CC1(Nc2ccc([N+](=O)[O-])cc2C(F)F)CCCC1. The second-order valence-electron chi connectivity index (χ2n) is 5.22. The van der Waals surface area contributed by atoms with E-state index in [4.69, 9.17) is 0 Å². The van der Waals surface area contributed by atoms with Crippen molar-refractivity contribution in [1.82, 2.24) is 0 Å². The van der Waals surface area contributed by atoms with Gasteiger partial charge in [0.15, 0.2) is 0 Å². The Morgan fingerprint density at radius 2 is 2.00 bits per heavy atom. The quantitative estimate of drug-likeness (QED) is 0.656. The molecule has 0 atom stereocenters. The molecule has 19 heavy (non-hydrogen) atoms. The monoisotopic (exact) mass is 270 g/mol. The number of hydrogen-bond acceptors (Lipinski definition) is 3. The third-order valence-electron chi connectivity index (χ3n) is 3.62. The summed E-state index contributed by atoms with van der Waals surface area (Å²) in [6.45, 7) is 2.00. The number of anilines is 1. The molecule has 1 N–H and O–H groups in total. The molecule has 0 bridgehead atoms. The number of alkyl halides is 2. The van der Waals surface area contributed by atoms with Crippen molar-refractivity contribution in [1.29, 1.82) is 0 Å². The summed E-state index contributed by atoms with van der Waals surface area (Å²) >= 11 is 0. The van der Waals surface area contributed by atoms with Gasteiger partial charge in [-0.2, -0.15) is 0 Å². The van der Waals surface area contributed by atoms with E-state index in [1.165, 1.54) is 12.1 Å². The summed E-state index contributed by atoms with van der Waals surface area (Å²) in [6, 6.07) is 3.58. The standard InChI is InChI=1S/C13H16F2N2O2/c1-13(6-2-3-7-13)16-11-5-4-9(17(18)19)8-10(11)12(14)15/h4-5,8,12,16H,2-3,6-7H2,1H3. The molecule has 0 aliphatic heterocycles. The number of hydrogen-bond donors (Lipinski definition) is 1. The number of halogens is 2. The van der Waals surface area contributed by atoms with E-state index in [0.29, 0.717) is 5.69 Å². The average Bonchev–Trinajstić information content (AvgIpc) is 2.75. The molecule has 6 heteroatoms. The molecule has 0 saturated heterocycles. The zero-order valence-electron chi connectivity index (χ0n) is 10.7. The third kappa shape index (κ3) is 3.00. The van der Waals surface area contributed by atoms with Crippen LogP contribution in [-0.2, 0) is 0 Å². The number of nitro groups is 1. The van der Waals surface area contributed by atoms with Crippen LogP contribution in [0.4, 0.5) is 20.2 Å². The molecule has 1 aromatic carbocycles. The lowest BCUT2D eigenvalue weighted by Gasteiger charge is -2.28. The Balaban J connectivity index is 2.31. The van der Waals surface area contributed by atoms with E-state index in [1.807, 2.05) is 6.92 Å². The fourth-order valence-electron chi connectivity index (χ4n) is 2.56. The van der Waals surface area contributed by atoms with Crippen LogP contribution in [0.15, 0.2) is 18.2 Å². The molecule has 1 aromatic rings. The van der Waals surface area contributed by atoms with E-state index in [1.54, 1.807) is 0 Å². The Labute approximate surface area is 110 Å². The minimum atomic E-state index is -2.73. The van der Waals surface area contributed by atoms with Crippen molar-refractivity contribution in [3.63, 3.8) is 0 Å². The number of rotatable bonds is 4. The van der Waals surface area contributed by atoms with Crippen molar-refractivity contribution in [2.75, 3.05) is 5.32 Å². The number of nitrogens with one attached hydrogen (secondary N) is 1. The fourth-order valence-corrected chi connectivity index (χ4v) is 2.56. The second kappa shape index (κ2) is 5.11. The van der Waals surface area contributed by atoms with E-state index in [2.05, 4.69) is 5.32 Å². The van der Waals surface area contributed by atoms with Gasteiger partial charge in [-0.25, -0.2) is 8.78 Å². The lowest BCUT2D eigenvalue weighted by molar-refractivity contribution is -0.385. The molecule has 1 aliphatic carbocycles. The van der Waals surface area contributed by atoms with Crippen LogP contribution in [0.3, 0.4) is 0 Å². The Morgan fingerprint density at radius 3 is 2.53 bits per heavy atom. The van der Waals surface area contributed by atoms with Gasteiger partial charge in [0.05, 0.1) is 4.92 Å². The molecule has 2 rings (SSSR count). The molecular weight excluding hydrogens is 254 g/mol. The maximum atomic E-state index is 13.0. The van der Waals surface area contributed by atoms with Gasteiger partial charge in [0.2, 0.25) is 0 Å². The summed E-state index contributed by atoms with van der Waals surface area (Å²) in [5.74, 6) is 0. The maximum absolute atomic E-state index is 13.0. The first-order valence-electron chi connectivity index (χ1n) is 6.26. The first-order valence-corrected chi connectivity index (χ1v) is 6.26. The molecule has 1 fully saturated rings. The molecule has 4 nitrogen and oxygen atoms in total. The van der Waals surface area contributed by atoms with Crippen molar-refractivity contribution in [3.05, 3.63) is 33.9 Å². The molecular formula is C13H16F2N2O2. The second-order valence-corrected chi connectivity index (χ2v) is 5.22. The molecule has 0 radical (unpaired) electrons. The first-order chi connectivity index (χ1) is 8.91.